The van der Waals surface area contributed by atoms with Crippen molar-refractivity contribution in [1.29, 1.82) is 0 Å². The summed E-state index contributed by atoms with van der Waals surface area (Å²) >= 11 is 5.85. The number of rotatable bonds is 4. The molecule has 0 bridgehead atoms. The number of amides is 1. The van der Waals surface area contributed by atoms with E-state index in [1.807, 2.05) is 6.92 Å². The lowest BCUT2D eigenvalue weighted by atomic mass is 10.2. The number of hydrogen-bond donors (Lipinski definition) is 1. The summed E-state index contributed by atoms with van der Waals surface area (Å²) in [6.07, 6.45) is 0.133. The van der Waals surface area contributed by atoms with Crippen LogP contribution in [0.15, 0.2) is 53.4 Å². The first-order valence-electron chi connectivity index (χ1n) is 7.50. The van der Waals surface area contributed by atoms with E-state index in [1.54, 1.807) is 53.4 Å². The molecule has 1 N–H and O–H groups in total. The van der Waals surface area contributed by atoms with E-state index in [9.17, 15) is 13.2 Å². The van der Waals surface area contributed by atoms with Crippen LogP contribution in [0.5, 0.6) is 0 Å². The van der Waals surface area contributed by atoms with Crippen LogP contribution >= 0.6 is 11.6 Å². The third kappa shape index (κ3) is 3.61. The van der Waals surface area contributed by atoms with Gasteiger partial charge in [-0.3, -0.25) is 4.79 Å². The molecule has 1 heterocycles. The predicted molar refractivity (Wildman–Crippen MR) is 93.7 cm³/mol. The first-order valence-corrected chi connectivity index (χ1v) is 9.36. The molecule has 0 unspecified atom stereocenters. The second-order valence-corrected chi connectivity index (χ2v) is 7.97. The average Bonchev–Trinajstić information content (AvgIpc) is 2.88. The van der Waals surface area contributed by atoms with Crippen LogP contribution in [-0.2, 0) is 14.8 Å². The highest BCUT2D eigenvalue weighted by molar-refractivity contribution is 7.89. The minimum Gasteiger partial charge on any atom is -0.311 e. The Balaban J connectivity index is 1.74. The molecule has 3 rings (SSSR count). The van der Waals surface area contributed by atoms with Crippen LogP contribution in [0.2, 0.25) is 5.02 Å². The van der Waals surface area contributed by atoms with Crippen molar-refractivity contribution in [3.05, 3.63) is 59.1 Å². The predicted octanol–water partition coefficient (Wildman–Crippen LogP) is 2.73. The van der Waals surface area contributed by atoms with Crippen molar-refractivity contribution in [3.8, 4) is 0 Å². The Morgan fingerprint density at radius 2 is 1.71 bits per heavy atom. The highest BCUT2D eigenvalue weighted by atomic mass is 35.5. The topological polar surface area (TPSA) is 66.5 Å². The Morgan fingerprint density at radius 1 is 1.08 bits per heavy atom. The molecule has 1 atom stereocenters. The quantitative estimate of drug-likeness (QED) is 0.907. The van der Waals surface area contributed by atoms with E-state index in [4.69, 9.17) is 11.6 Å². The highest BCUT2D eigenvalue weighted by Gasteiger charge is 2.33. The molecule has 7 heteroatoms. The maximum Gasteiger partial charge on any atom is 0.240 e. The Labute approximate surface area is 146 Å². The standard InChI is InChI=1S/C17H17ClN2O3S/c1-12-2-8-16(9-3-12)24(22,23)19-14-10-17(21)20(11-14)15-6-4-13(18)5-7-15/h2-9,14,19H,10-11H2,1H3/t14-/m0/s1. The summed E-state index contributed by atoms with van der Waals surface area (Å²) < 4.78 is 27.5. The molecule has 5 nitrogen and oxygen atoms in total. The third-order valence-electron chi connectivity index (χ3n) is 3.92. The van der Waals surface area contributed by atoms with Crippen LogP contribution in [-0.4, -0.2) is 26.9 Å². The summed E-state index contributed by atoms with van der Waals surface area (Å²) in [5.41, 5.74) is 1.69. The number of hydrogen-bond acceptors (Lipinski definition) is 3. The van der Waals surface area contributed by atoms with Gasteiger partial charge in [-0.05, 0) is 43.3 Å². The number of sulfonamides is 1. The molecule has 126 valence electrons. The number of carbonyl (C=O) groups is 1. The van der Waals surface area contributed by atoms with E-state index in [1.165, 1.54) is 0 Å². The maximum atomic E-state index is 12.4. The van der Waals surface area contributed by atoms with Gasteiger partial charge in [0.1, 0.15) is 0 Å². The smallest absolute Gasteiger partial charge is 0.240 e. The minimum atomic E-state index is -3.65. The molecule has 1 fully saturated rings. The second kappa shape index (κ2) is 6.55. The molecule has 0 radical (unpaired) electrons. The van der Waals surface area contributed by atoms with Gasteiger partial charge in [-0.2, -0.15) is 0 Å². The zero-order valence-corrected chi connectivity index (χ0v) is 14.6. The molecule has 1 aliphatic rings. The van der Waals surface area contributed by atoms with Crippen molar-refractivity contribution in [3.63, 3.8) is 0 Å². The van der Waals surface area contributed by atoms with Crippen LogP contribution in [0.25, 0.3) is 0 Å². The van der Waals surface area contributed by atoms with Gasteiger partial charge in [-0.1, -0.05) is 29.3 Å². The van der Waals surface area contributed by atoms with Crippen molar-refractivity contribution >= 4 is 33.2 Å². The summed E-state index contributed by atoms with van der Waals surface area (Å²) in [4.78, 5) is 14.0. The second-order valence-electron chi connectivity index (χ2n) is 5.82. The van der Waals surface area contributed by atoms with Gasteiger partial charge in [0.25, 0.3) is 0 Å². The minimum absolute atomic E-state index is 0.117. The van der Waals surface area contributed by atoms with Crippen LogP contribution < -0.4 is 9.62 Å². The number of nitrogens with zero attached hydrogens (tertiary/aromatic N) is 1. The zero-order valence-electron chi connectivity index (χ0n) is 13.1. The first-order chi connectivity index (χ1) is 11.3. The molecule has 1 saturated heterocycles. The van der Waals surface area contributed by atoms with Gasteiger partial charge >= 0.3 is 0 Å². The lowest BCUT2D eigenvalue weighted by Gasteiger charge is -2.17. The Bertz CT molecular complexity index is 848. The first kappa shape index (κ1) is 17.0. The third-order valence-corrected chi connectivity index (χ3v) is 5.70. The highest BCUT2D eigenvalue weighted by Crippen LogP contribution is 2.24. The van der Waals surface area contributed by atoms with Gasteiger partial charge in [0.15, 0.2) is 0 Å². The Kier molecular flexibility index (Phi) is 4.62. The van der Waals surface area contributed by atoms with E-state index in [-0.39, 0.29) is 17.2 Å². The molecular formula is C17H17ClN2O3S. The molecule has 0 aliphatic carbocycles. The van der Waals surface area contributed by atoms with Crippen molar-refractivity contribution < 1.29 is 13.2 Å². The lowest BCUT2D eigenvalue weighted by molar-refractivity contribution is -0.117. The summed E-state index contributed by atoms with van der Waals surface area (Å²) in [5.74, 6) is -0.117. The summed E-state index contributed by atoms with van der Waals surface area (Å²) in [7, 11) is -3.65. The normalized spacial score (nSPS) is 18.2. The number of carbonyl (C=O) groups excluding carboxylic acids is 1. The van der Waals surface area contributed by atoms with Crippen LogP contribution in [0.1, 0.15) is 12.0 Å². The van der Waals surface area contributed by atoms with Crippen molar-refractivity contribution in [2.45, 2.75) is 24.3 Å². The molecule has 0 saturated carbocycles. The van der Waals surface area contributed by atoms with Gasteiger partial charge in [-0.25, -0.2) is 13.1 Å². The van der Waals surface area contributed by atoms with Gasteiger partial charge in [0.05, 0.1) is 4.90 Å². The summed E-state index contributed by atoms with van der Waals surface area (Å²) in [6, 6.07) is 13.1. The maximum absolute atomic E-state index is 12.4. The molecule has 0 aromatic heterocycles. The number of nitrogens with one attached hydrogen (secondary N) is 1. The molecule has 0 spiro atoms. The molecule has 1 aliphatic heterocycles. The Morgan fingerprint density at radius 3 is 2.33 bits per heavy atom. The zero-order chi connectivity index (χ0) is 17.3. The van der Waals surface area contributed by atoms with Crippen molar-refractivity contribution in [2.75, 3.05) is 11.4 Å². The lowest BCUT2D eigenvalue weighted by Crippen LogP contribution is -2.37. The fourth-order valence-electron chi connectivity index (χ4n) is 2.66. The van der Waals surface area contributed by atoms with E-state index in [0.717, 1.165) is 5.56 Å². The van der Waals surface area contributed by atoms with E-state index >= 15 is 0 Å². The van der Waals surface area contributed by atoms with Gasteiger partial charge in [0.2, 0.25) is 15.9 Å². The number of anilines is 1. The van der Waals surface area contributed by atoms with Crippen LogP contribution in [0, 0.1) is 6.92 Å². The molecular weight excluding hydrogens is 348 g/mol. The molecule has 24 heavy (non-hydrogen) atoms. The van der Waals surface area contributed by atoms with Crippen LogP contribution in [0.3, 0.4) is 0 Å². The largest absolute Gasteiger partial charge is 0.311 e. The number of halogens is 1. The average molecular weight is 365 g/mol. The molecule has 2 aromatic carbocycles. The van der Waals surface area contributed by atoms with Gasteiger partial charge in [0, 0.05) is 29.7 Å². The van der Waals surface area contributed by atoms with Crippen LogP contribution in [0.4, 0.5) is 5.69 Å². The van der Waals surface area contributed by atoms with Crippen molar-refractivity contribution in [1.82, 2.24) is 4.72 Å². The van der Waals surface area contributed by atoms with E-state index in [0.29, 0.717) is 17.3 Å². The van der Waals surface area contributed by atoms with Gasteiger partial charge < -0.3 is 4.90 Å². The SMILES string of the molecule is Cc1ccc(S(=O)(=O)N[C@H]2CC(=O)N(c3ccc(Cl)cc3)C2)cc1. The molecule has 1 amide bonds. The van der Waals surface area contributed by atoms with Crippen molar-refractivity contribution in [2.24, 2.45) is 0 Å². The Hall–Kier alpha value is -1.89. The van der Waals surface area contributed by atoms with E-state index in [2.05, 4.69) is 4.72 Å². The fourth-order valence-corrected chi connectivity index (χ4v) is 4.02. The van der Waals surface area contributed by atoms with Gasteiger partial charge in [-0.15, -0.1) is 0 Å². The van der Waals surface area contributed by atoms with E-state index < -0.39 is 16.1 Å². The fraction of sp³-hybridized carbons (Fsp3) is 0.235. The summed E-state index contributed by atoms with van der Waals surface area (Å²) in [5, 5.41) is 0.585. The molecule has 2 aromatic rings. The summed E-state index contributed by atoms with van der Waals surface area (Å²) in [6.45, 7) is 2.19. The number of benzene rings is 2. The number of aryl methyl sites for hydroxylation is 1. The monoisotopic (exact) mass is 364 g/mol.